The van der Waals surface area contributed by atoms with E-state index in [4.69, 9.17) is 5.41 Å². The number of Topliss-reactive ketones (excluding diaryl/α,β-unsaturated/α-hetero) is 1. The van der Waals surface area contributed by atoms with E-state index in [-0.39, 0.29) is 11.0 Å². The van der Waals surface area contributed by atoms with Gasteiger partial charge in [0.15, 0.2) is 5.78 Å². The number of allylic oxidation sites excluding steroid dienone is 1. The number of rotatable bonds is 5. The van der Waals surface area contributed by atoms with E-state index in [2.05, 4.69) is 18.7 Å². The van der Waals surface area contributed by atoms with E-state index in [9.17, 15) is 4.79 Å². The largest absolute Gasteiger partial charge is 0.308 e. The van der Waals surface area contributed by atoms with Gasteiger partial charge in [-0.15, -0.1) is 11.8 Å². The average molecular weight is 273 g/mol. The van der Waals surface area contributed by atoms with Gasteiger partial charge in [-0.25, -0.2) is 0 Å². The Bertz CT molecular complexity index is 465. The first kappa shape index (κ1) is 14.1. The van der Waals surface area contributed by atoms with E-state index in [1.165, 1.54) is 17.3 Å². The van der Waals surface area contributed by atoms with E-state index in [1.807, 2.05) is 18.2 Å². The number of nitrogens with one attached hydrogen (secondary N) is 1. The van der Waals surface area contributed by atoms with Crippen molar-refractivity contribution >= 4 is 23.3 Å². The fourth-order valence-corrected chi connectivity index (χ4v) is 3.26. The molecule has 1 aliphatic carbocycles. The van der Waals surface area contributed by atoms with E-state index < -0.39 is 0 Å². The number of hydrogen-bond acceptors (Lipinski definition) is 3. The van der Waals surface area contributed by atoms with Crippen LogP contribution >= 0.6 is 11.8 Å². The molecule has 1 N–H and O–H groups in total. The minimum atomic E-state index is -0.267. The quantitative estimate of drug-likeness (QED) is 0.880. The second-order valence-electron chi connectivity index (χ2n) is 4.87. The van der Waals surface area contributed by atoms with Crippen LogP contribution in [0.1, 0.15) is 31.2 Å². The standard InChI is InChI=1S/C16H19NOS/c1-12(10-11-13-6-3-2-4-7-13)19-16-14(17)8-5-9-15(16)18/h2-4,6-7,16-17H,1,5,8-11H2. The fourth-order valence-electron chi connectivity index (χ4n) is 2.20. The van der Waals surface area contributed by atoms with Crippen LogP contribution in [0, 0.1) is 5.41 Å². The number of carbonyl (C=O) groups is 1. The van der Waals surface area contributed by atoms with Crippen molar-refractivity contribution in [3.05, 3.63) is 47.4 Å². The molecule has 2 rings (SSSR count). The molecule has 1 aromatic carbocycles. The molecule has 0 aromatic heterocycles. The lowest BCUT2D eigenvalue weighted by Crippen LogP contribution is -2.30. The van der Waals surface area contributed by atoms with E-state index in [0.717, 1.165) is 30.6 Å². The summed E-state index contributed by atoms with van der Waals surface area (Å²) in [4.78, 5) is 12.8. The lowest BCUT2D eigenvalue weighted by molar-refractivity contribution is -0.118. The molecule has 0 bridgehead atoms. The highest BCUT2D eigenvalue weighted by Gasteiger charge is 2.28. The summed E-state index contributed by atoms with van der Waals surface area (Å²) in [5.74, 6) is 0.196. The van der Waals surface area contributed by atoms with Crippen LogP contribution in [0.25, 0.3) is 0 Å². The normalized spacial score (nSPS) is 19.5. The predicted octanol–water partition coefficient (Wildman–Crippen LogP) is 4.01. The van der Waals surface area contributed by atoms with E-state index >= 15 is 0 Å². The Morgan fingerprint density at radius 2 is 2.05 bits per heavy atom. The average Bonchev–Trinajstić information content (AvgIpc) is 2.42. The highest BCUT2D eigenvalue weighted by Crippen LogP contribution is 2.30. The Hall–Kier alpha value is -1.35. The lowest BCUT2D eigenvalue weighted by Gasteiger charge is -2.22. The molecular formula is C16H19NOS. The minimum absolute atomic E-state index is 0.196. The van der Waals surface area contributed by atoms with Crippen molar-refractivity contribution in [3.8, 4) is 0 Å². The molecule has 2 nitrogen and oxygen atoms in total. The molecule has 1 unspecified atom stereocenters. The van der Waals surface area contributed by atoms with Crippen LogP contribution in [0.5, 0.6) is 0 Å². The highest BCUT2D eigenvalue weighted by atomic mass is 32.2. The molecule has 3 heteroatoms. The first-order chi connectivity index (χ1) is 9.16. The first-order valence-electron chi connectivity index (χ1n) is 6.65. The molecule has 0 aliphatic heterocycles. The number of hydrogen-bond donors (Lipinski definition) is 1. The molecule has 19 heavy (non-hydrogen) atoms. The van der Waals surface area contributed by atoms with E-state index in [1.54, 1.807) is 0 Å². The van der Waals surface area contributed by atoms with Crippen LogP contribution in [-0.4, -0.2) is 16.7 Å². The third-order valence-corrected chi connectivity index (χ3v) is 4.62. The molecule has 0 saturated heterocycles. The third-order valence-electron chi connectivity index (χ3n) is 3.30. The molecule has 100 valence electrons. The van der Waals surface area contributed by atoms with Crippen molar-refractivity contribution < 1.29 is 4.79 Å². The van der Waals surface area contributed by atoms with Crippen LogP contribution in [0.15, 0.2) is 41.8 Å². The van der Waals surface area contributed by atoms with Crippen molar-refractivity contribution in [3.63, 3.8) is 0 Å². The summed E-state index contributed by atoms with van der Waals surface area (Å²) in [6.07, 6.45) is 4.03. The highest BCUT2D eigenvalue weighted by molar-refractivity contribution is 8.05. The van der Waals surface area contributed by atoms with Gasteiger partial charge in [-0.3, -0.25) is 4.79 Å². The maximum absolute atomic E-state index is 11.8. The maximum atomic E-state index is 11.8. The van der Waals surface area contributed by atoms with Crippen LogP contribution in [-0.2, 0) is 11.2 Å². The van der Waals surface area contributed by atoms with Crippen molar-refractivity contribution in [2.24, 2.45) is 0 Å². The molecule has 0 radical (unpaired) electrons. The molecule has 1 aliphatic rings. The molecule has 1 atom stereocenters. The number of carbonyl (C=O) groups excluding carboxylic acids is 1. The molecule has 0 amide bonds. The number of ketones is 1. The zero-order valence-electron chi connectivity index (χ0n) is 11.0. The summed E-state index contributed by atoms with van der Waals surface area (Å²) in [5, 5.41) is 7.62. The molecular weight excluding hydrogens is 254 g/mol. The zero-order chi connectivity index (χ0) is 13.7. The summed E-state index contributed by atoms with van der Waals surface area (Å²) in [5.41, 5.74) is 1.86. The van der Waals surface area contributed by atoms with Gasteiger partial charge in [0.2, 0.25) is 0 Å². The first-order valence-corrected chi connectivity index (χ1v) is 7.53. The Kier molecular flexibility index (Phi) is 4.97. The number of benzene rings is 1. The SMILES string of the molecule is C=C(CCc1ccccc1)SC1C(=N)CCCC1=O. The summed E-state index contributed by atoms with van der Waals surface area (Å²) in [7, 11) is 0. The topological polar surface area (TPSA) is 40.9 Å². The number of aryl methyl sites for hydroxylation is 1. The van der Waals surface area contributed by atoms with Gasteiger partial charge >= 0.3 is 0 Å². The summed E-state index contributed by atoms with van der Waals surface area (Å²) in [6, 6.07) is 10.3. The van der Waals surface area contributed by atoms with Crippen LogP contribution < -0.4 is 0 Å². The van der Waals surface area contributed by atoms with Crippen molar-refractivity contribution in [2.75, 3.05) is 0 Å². The van der Waals surface area contributed by atoms with Crippen molar-refractivity contribution in [1.82, 2.24) is 0 Å². The summed E-state index contributed by atoms with van der Waals surface area (Å²) >= 11 is 1.49. The smallest absolute Gasteiger partial charge is 0.151 e. The van der Waals surface area contributed by atoms with Crippen LogP contribution in [0.3, 0.4) is 0 Å². The van der Waals surface area contributed by atoms with Gasteiger partial charge in [0.05, 0.1) is 0 Å². The van der Waals surface area contributed by atoms with Gasteiger partial charge in [-0.05, 0) is 36.2 Å². The van der Waals surface area contributed by atoms with Gasteiger partial charge < -0.3 is 5.41 Å². The summed E-state index contributed by atoms with van der Waals surface area (Å²) in [6.45, 7) is 4.05. The predicted molar refractivity (Wildman–Crippen MR) is 81.9 cm³/mol. The van der Waals surface area contributed by atoms with Gasteiger partial charge in [0.1, 0.15) is 5.25 Å². The summed E-state index contributed by atoms with van der Waals surface area (Å²) < 4.78 is 0. The van der Waals surface area contributed by atoms with Gasteiger partial charge in [0.25, 0.3) is 0 Å². The minimum Gasteiger partial charge on any atom is -0.308 e. The van der Waals surface area contributed by atoms with Gasteiger partial charge in [0, 0.05) is 12.1 Å². The zero-order valence-corrected chi connectivity index (χ0v) is 11.8. The van der Waals surface area contributed by atoms with Crippen molar-refractivity contribution in [2.45, 2.75) is 37.4 Å². The third kappa shape index (κ3) is 4.06. The Morgan fingerprint density at radius 3 is 2.74 bits per heavy atom. The second kappa shape index (κ2) is 6.71. The molecule has 1 fully saturated rings. The monoisotopic (exact) mass is 273 g/mol. The Balaban J connectivity index is 1.84. The van der Waals surface area contributed by atoms with Gasteiger partial charge in [-0.2, -0.15) is 0 Å². The number of thioether (sulfide) groups is 1. The molecule has 1 saturated carbocycles. The van der Waals surface area contributed by atoms with Gasteiger partial charge in [-0.1, -0.05) is 36.9 Å². The molecule has 0 heterocycles. The lowest BCUT2D eigenvalue weighted by atomic mass is 9.97. The molecule has 0 spiro atoms. The Labute approximate surface area is 118 Å². The fraction of sp³-hybridized carbons (Fsp3) is 0.375. The Morgan fingerprint density at radius 1 is 1.32 bits per heavy atom. The maximum Gasteiger partial charge on any atom is 0.151 e. The van der Waals surface area contributed by atoms with E-state index in [0.29, 0.717) is 12.1 Å². The second-order valence-corrected chi connectivity index (χ2v) is 6.15. The van der Waals surface area contributed by atoms with Crippen LogP contribution in [0.2, 0.25) is 0 Å². The van der Waals surface area contributed by atoms with Crippen molar-refractivity contribution in [1.29, 1.82) is 5.41 Å². The molecule has 1 aromatic rings. The van der Waals surface area contributed by atoms with Crippen LogP contribution in [0.4, 0.5) is 0 Å².